The van der Waals surface area contributed by atoms with Gasteiger partial charge in [-0.2, -0.15) is 4.57 Å². The maximum atomic E-state index is 14.0. The average Bonchev–Trinajstić information content (AvgIpc) is 3.10. The summed E-state index contributed by atoms with van der Waals surface area (Å²) >= 11 is 0. The van der Waals surface area contributed by atoms with E-state index in [9.17, 15) is 5.11 Å². The summed E-state index contributed by atoms with van der Waals surface area (Å²) in [6.07, 6.45) is 14.1. The number of nitrogens with zero attached hydrogens (tertiary/aromatic N) is 5. The molecule has 0 aliphatic rings. The van der Waals surface area contributed by atoms with Gasteiger partial charge in [0.2, 0.25) is 17.1 Å². The van der Waals surface area contributed by atoms with E-state index < -0.39 is 0 Å². The molecule has 0 bridgehead atoms. The second-order valence-corrected chi connectivity index (χ2v) is 10.1. The van der Waals surface area contributed by atoms with Crippen molar-refractivity contribution in [2.24, 2.45) is 0 Å². The standard InChI is InChI=1S/C37H25N5O/c43-37-33(27-10-4-14-38-22-27)20-32(21-34(37)28-11-5-15-39-23-28)42-35(29-12-6-16-40-24-29)18-31(26-8-2-1-3-9-26)19-36(42)30-13-7-17-41-25-30/h1-25H. The maximum Gasteiger partial charge on any atom is 0.221 e. The van der Waals surface area contributed by atoms with Gasteiger partial charge in [-0.1, -0.05) is 48.2 Å². The Morgan fingerprint density at radius 1 is 0.419 bits per heavy atom. The molecule has 0 fully saturated rings. The minimum atomic E-state index is -0.0860. The first-order chi connectivity index (χ1) is 21.3. The Kier molecular flexibility index (Phi) is 6.91. The van der Waals surface area contributed by atoms with Gasteiger partial charge in [0.25, 0.3) is 0 Å². The maximum absolute atomic E-state index is 14.0. The zero-order valence-electron chi connectivity index (χ0n) is 23.1. The Hall–Kier alpha value is -6.01. The quantitative estimate of drug-likeness (QED) is 0.208. The van der Waals surface area contributed by atoms with Gasteiger partial charge in [0, 0.05) is 73.8 Å². The Labute approximate surface area is 249 Å². The van der Waals surface area contributed by atoms with Crippen molar-refractivity contribution in [2.45, 2.75) is 0 Å². The lowest BCUT2D eigenvalue weighted by Crippen LogP contribution is -2.36. The molecule has 0 atom stereocenters. The Morgan fingerprint density at radius 2 is 0.837 bits per heavy atom. The fourth-order valence-electron chi connectivity index (χ4n) is 5.34. The topological polar surface area (TPSA) is 78.5 Å². The van der Waals surface area contributed by atoms with Crippen LogP contribution in [0.4, 0.5) is 0 Å². The van der Waals surface area contributed by atoms with Gasteiger partial charge >= 0.3 is 0 Å². The summed E-state index contributed by atoms with van der Waals surface area (Å²) in [5, 5.41) is 14.0. The van der Waals surface area contributed by atoms with Crippen LogP contribution in [0.25, 0.3) is 61.6 Å². The smallest absolute Gasteiger partial charge is 0.221 e. The van der Waals surface area contributed by atoms with Gasteiger partial charge < -0.3 is 5.11 Å². The second-order valence-electron chi connectivity index (χ2n) is 10.1. The summed E-state index contributed by atoms with van der Waals surface area (Å²) in [5.74, 6) is -0.0860. The number of rotatable bonds is 6. The molecule has 0 aliphatic heterocycles. The van der Waals surface area contributed by atoms with E-state index in [4.69, 9.17) is 0 Å². The number of pyridine rings is 5. The third-order valence-electron chi connectivity index (χ3n) is 7.36. The number of hydrogen-bond donors (Lipinski definition) is 0. The van der Waals surface area contributed by atoms with Gasteiger partial charge in [0.15, 0.2) is 0 Å². The first-order valence-electron chi connectivity index (χ1n) is 13.9. The van der Waals surface area contributed by atoms with Gasteiger partial charge in [0.1, 0.15) is 0 Å². The molecule has 7 rings (SSSR count). The Balaban J connectivity index is 1.60. The molecule has 5 aromatic heterocycles. The fraction of sp³-hybridized carbons (Fsp3) is 0. The van der Waals surface area contributed by atoms with Crippen molar-refractivity contribution in [3.63, 3.8) is 0 Å². The lowest BCUT2D eigenvalue weighted by atomic mass is 9.96. The summed E-state index contributed by atoms with van der Waals surface area (Å²) in [4.78, 5) is 17.5. The molecule has 0 amide bonds. The van der Waals surface area contributed by atoms with Crippen LogP contribution in [0.3, 0.4) is 0 Å². The molecule has 0 aliphatic carbocycles. The molecule has 0 radical (unpaired) electrons. The Bertz CT molecular complexity index is 1880. The number of benzene rings is 2. The van der Waals surface area contributed by atoms with Gasteiger partial charge in [-0.25, -0.2) is 0 Å². The molecular formula is C37H25N5O. The van der Waals surface area contributed by atoms with Gasteiger partial charge in [-0.3, -0.25) is 19.9 Å². The molecule has 0 spiro atoms. The van der Waals surface area contributed by atoms with Crippen molar-refractivity contribution in [3.05, 3.63) is 153 Å². The average molecular weight is 556 g/mol. The van der Waals surface area contributed by atoms with E-state index in [1.54, 1.807) is 37.2 Å². The Morgan fingerprint density at radius 3 is 1.26 bits per heavy atom. The van der Waals surface area contributed by atoms with Crippen LogP contribution >= 0.6 is 0 Å². The second kappa shape index (κ2) is 11.5. The first-order valence-corrected chi connectivity index (χ1v) is 13.9. The summed E-state index contributed by atoms with van der Waals surface area (Å²) < 4.78 is 2.18. The minimum Gasteiger partial charge on any atom is -0.872 e. The van der Waals surface area contributed by atoms with Crippen molar-refractivity contribution in [1.29, 1.82) is 0 Å². The van der Waals surface area contributed by atoms with Crippen molar-refractivity contribution in [1.82, 2.24) is 19.9 Å². The van der Waals surface area contributed by atoms with Crippen LogP contribution < -0.4 is 9.67 Å². The van der Waals surface area contributed by atoms with Gasteiger partial charge in [0.05, 0.1) is 11.1 Å². The number of hydrogen-bond acceptors (Lipinski definition) is 5. The largest absolute Gasteiger partial charge is 0.872 e. The van der Waals surface area contributed by atoms with Crippen LogP contribution in [0, 0.1) is 0 Å². The molecule has 0 N–H and O–H groups in total. The van der Waals surface area contributed by atoms with E-state index in [0.717, 1.165) is 50.5 Å². The third-order valence-corrected chi connectivity index (χ3v) is 7.36. The van der Waals surface area contributed by atoms with Crippen molar-refractivity contribution >= 4 is 0 Å². The molecule has 0 saturated heterocycles. The molecule has 2 aromatic carbocycles. The third kappa shape index (κ3) is 5.13. The zero-order chi connectivity index (χ0) is 29.0. The van der Waals surface area contributed by atoms with E-state index in [-0.39, 0.29) is 5.75 Å². The monoisotopic (exact) mass is 555 g/mol. The SMILES string of the molecule is [O-]c1c(-c2cccnc2)cc(-[n+]2c(-c3cccnc3)cc(-c3ccccc3)cc2-c2cccnc2)cc1-c1cccnc1. The van der Waals surface area contributed by atoms with Crippen LogP contribution in [-0.4, -0.2) is 19.9 Å². The van der Waals surface area contributed by atoms with Gasteiger partial charge in [-0.05, 0) is 69.8 Å². The van der Waals surface area contributed by atoms with E-state index in [1.165, 1.54) is 0 Å². The fourth-order valence-corrected chi connectivity index (χ4v) is 5.34. The molecule has 43 heavy (non-hydrogen) atoms. The van der Waals surface area contributed by atoms with Crippen LogP contribution in [0.15, 0.2) is 153 Å². The summed E-state index contributed by atoms with van der Waals surface area (Å²) in [6.45, 7) is 0. The highest BCUT2D eigenvalue weighted by molar-refractivity contribution is 5.83. The molecule has 0 unspecified atom stereocenters. The lowest BCUT2D eigenvalue weighted by Gasteiger charge is -2.21. The van der Waals surface area contributed by atoms with Crippen LogP contribution in [-0.2, 0) is 0 Å². The van der Waals surface area contributed by atoms with Crippen LogP contribution in [0.2, 0.25) is 0 Å². The zero-order valence-corrected chi connectivity index (χ0v) is 23.1. The highest BCUT2D eigenvalue weighted by Gasteiger charge is 2.27. The summed E-state index contributed by atoms with van der Waals surface area (Å²) in [5.41, 5.74) is 9.25. The molecule has 7 aromatic rings. The summed E-state index contributed by atoms with van der Waals surface area (Å²) in [6, 6.07) is 34.0. The predicted octanol–water partition coefficient (Wildman–Crippen LogP) is 6.95. The van der Waals surface area contributed by atoms with Crippen molar-refractivity contribution < 1.29 is 9.67 Å². The lowest BCUT2D eigenvalue weighted by molar-refractivity contribution is -0.572. The molecular weight excluding hydrogens is 530 g/mol. The predicted molar refractivity (Wildman–Crippen MR) is 166 cm³/mol. The van der Waals surface area contributed by atoms with Crippen LogP contribution in [0.5, 0.6) is 5.75 Å². The van der Waals surface area contributed by atoms with Crippen molar-refractivity contribution in [2.75, 3.05) is 0 Å². The van der Waals surface area contributed by atoms with E-state index >= 15 is 0 Å². The minimum absolute atomic E-state index is 0.0860. The normalized spacial score (nSPS) is 10.9. The molecule has 5 heterocycles. The number of aromatic nitrogens is 5. The first kappa shape index (κ1) is 25.9. The molecule has 6 nitrogen and oxygen atoms in total. The van der Waals surface area contributed by atoms with Crippen LogP contribution in [0.1, 0.15) is 0 Å². The van der Waals surface area contributed by atoms with E-state index in [2.05, 4.69) is 48.8 Å². The molecule has 6 heteroatoms. The van der Waals surface area contributed by atoms with Crippen molar-refractivity contribution in [3.8, 4) is 67.3 Å². The highest BCUT2D eigenvalue weighted by Crippen LogP contribution is 2.38. The molecule has 0 saturated carbocycles. The van der Waals surface area contributed by atoms with Gasteiger partial charge in [-0.15, -0.1) is 0 Å². The summed E-state index contributed by atoms with van der Waals surface area (Å²) in [7, 11) is 0. The van der Waals surface area contributed by atoms with E-state index in [0.29, 0.717) is 11.1 Å². The van der Waals surface area contributed by atoms with E-state index in [1.807, 2.05) is 91.3 Å². The highest BCUT2D eigenvalue weighted by atomic mass is 16.3. The molecule has 204 valence electrons.